The Bertz CT molecular complexity index is 1190. The predicted octanol–water partition coefficient (Wildman–Crippen LogP) is 3.71. The van der Waals surface area contributed by atoms with Crippen molar-refractivity contribution in [1.82, 2.24) is 19.9 Å². The quantitative estimate of drug-likeness (QED) is 0.526. The van der Waals surface area contributed by atoms with Gasteiger partial charge in [-0.1, -0.05) is 12.1 Å². The van der Waals surface area contributed by atoms with E-state index in [1.807, 2.05) is 67.9 Å². The van der Waals surface area contributed by atoms with Gasteiger partial charge in [0.15, 0.2) is 5.65 Å². The van der Waals surface area contributed by atoms with Gasteiger partial charge in [0.2, 0.25) is 5.95 Å². The van der Waals surface area contributed by atoms with E-state index >= 15 is 0 Å². The summed E-state index contributed by atoms with van der Waals surface area (Å²) >= 11 is 1.40. The zero-order chi connectivity index (χ0) is 20.6. The van der Waals surface area contributed by atoms with Gasteiger partial charge in [-0.3, -0.25) is 4.79 Å². The Kier molecular flexibility index (Phi) is 4.71. The fourth-order valence-corrected chi connectivity index (χ4v) is 3.92. The molecule has 0 aliphatic carbocycles. The number of aromatic nitrogens is 3. The highest BCUT2D eigenvalue weighted by Gasteiger charge is 2.25. The number of nitrogens with one attached hydrogen (secondary N) is 1. The number of hydrogen-bond donors (Lipinski definition) is 2. The number of pyridine rings is 1. The lowest BCUT2D eigenvalue weighted by molar-refractivity contribution is 0.0916. The summed E-state index contributed by atoms with van der Waals surface area (Å²) in [4.78, 5) is 17.6. The smallest absolute Gasteiger partial charge is 0.262 e. The Balaban J connectivity index is 1.55. The van der Waals surface area contributed by atoms with Crippen molar-refractivity contribution in [3.63, 3.8) is 0 Å². The predicted molar refractivity (Wildman–Crippen MR) is 114 cm³/mol. The third-order valence-electron chi connectivity index (χ3n) is 4.72. The minimum absolute atomic E-state index is 0.125. The Morgan fingerprint density at radius 2 is 2.03 bits per heavy atom. The summed E-state index contributed by atoms with van der Waals surface area (Å²) in [6, 6.07) is 13.4. The largest absolute Gasteiger partial charge is 0.497 e. The van der Waals surface area contributed by atoms with Crippen molar-refractivity contribution < 1.29 is 9.53 Å². The number of carbonyl (C=O) groups is 1. The van der Waals surface area contributed by atoms with Crippen molar-refractivity contribution in [1.29, 1.82) is 0 Å². The zero-order valence-electron chi connectivity index (χ0n) is 16.3. The Morgan fingerprint density at radius 3 is 2.83 bits per heavy atom. The number of methoxy groups -OCH3 is 1. The van der Waals surface area contributed by atoms with E-state index in [4.69, 9.17) is 10.5 Å². The monoisotopic (exact) mass is 407 g/mol. The fourth-order valence-electron chi connectivity index (χ4n) is 3.11. The van der Waals surface area contributed by atoms with Gasteiger partial charge >= 0.3 is 0 Å². The van der Waals surface area contributed by atoms with Crippen molar-refractivity contribution in [3.8, 4) is 16.9 Å². The van der Waals surface area contributed by atoms with Crippen LogP contribution in [0, 0.1) is 0 Å². The first kappa shape index (κ1) is 18.9. The molecule has 3 aromatic heterocycles. The first-order valence-electron chi connectivity index (χ1n) is 9.03. The first-order chi connectivity index (χ1) is 13.9. The second-order valence-electron chi connectivity index (χ2n) is 7.20. The molecule has 0 saturated heterocycles. The van der Waals surface area contributed by atoms with Gasteiger partial charge in [-0.15, -0.1) is 16.4 Å². The lowest BCUT2D eigenvalue weighted by atomic mass is 9.94. The molecular weight excluding hydrogens is 386 g/mol. The molecule has 4 rings (SSSR count). The molecule has 1 aromatic carbocycles. The summed E-state index contributed by atoms with van der Waals surface area (Å²) < 4.78 is 6.93. The molecule has 0 saturated carbocycles. The topological polar surface area (TPSA) is 94.5 Å². The second-order valence-corrected chi connectivity index (χ2v) is 8.11. The zero-order valence-corrected chi connectivity index (χ0v) is 17.2. The summed E-state index contributed by atoms with van der Waals surface area (Å²) in [5, 5.41) is 9.20. The molecule has 0 radical (unpaired) electrons. The SMILES string of the molecule is COc1cccc(C(C)(C)NC(=O)c2cc(-c3ccc4nc(N)nn4c3)cs2)c1. The van der Waals surface area contributed by atoms with Crippen LogP contribution in [0.2, 0.25) is 0 Å². The van der Waals surface area contributed by atoms with Gasteiger partial charge in [-0.05, 0) is 60.7 Å². The van der Waals surface area contributed by atoms with Crippen molar-refractivity contribution in [2.24, 2.45) is 0 Å². The molecular formula is C21H21N5O2S. The summed E-state index contributed by atoms with van der Waals surface area (Å²) in [6.45, 7) is 3.94. The molecule has 0 atom stereocenters. The van der Waals surface area contributed by atoms with Gasteiger partial charge in [0, 0.05) is 11.8 Å². The maximum absolute atomic E-state index is 12.9. The number of thiophene rings is 1. The van der Waals surface area contributed by atoms with Crippen LogP contribution < -0.4 is 15.8 Å². The maximum Gasteiger partial charge on any atom is 0.262 e. The van der Waals surface area contributed by atoms with E-state index in [1.54, 1.807) is 11.6 Å². The second kappa shape index (κ2) is 7.21. The van der Waals surface area contributed by atoms with Gasteiger partial charge in [-0.25, -0.2) is 4.52 Å². The fraction of sp³-hybridized carbons (Fsp3) is 0.190. The number of benzene rings is 1. The Hall–Kier alpha value is -3.39. The molecule has 29 heavy (non-hydrogen) atoms. The number of nitrogens with two attached hydrogens (primary N) is 1. The first-order valence-corrected chi connectivity index (χ1v) is 9.91. The van der Waals surface area contributed by atoms with E-state index in [0.717, 1.165) is 22.4 Å². The molecule has 0 aliphatic rings. The van der Waals surface area contributed by atoms with Gasteiger partial charge in [0.1, 0.15) is 5.75 Å². The van der Waals surface area contributed by atoms with Crippen LogP contribution in [0.5, 0.6) is 5.75 Å². The molecule has 0 aliphatic heterocycles. The van der Waals surface area contributed by atoms with Crippen LogP contribution >= 0.6 is 11.3 Å². The molecule has 3 N–H and O–H groups in total. The maximum atomic E-state index is 12.9. The van der Waals surface area contributed by atoms with E-state index in [9.17, 15) is 4.79 Å². The molecule has 8 heteroatoms. The number of nitrogen functional groups attached to an aromatic ring is 1. The summed E-state index contributed by atoms with van der Waals surface area (Å²) in [6.07, 6.45) is 1.85. The van der Waals surface area contributed by atoms with Crippen molar-refractivity contribution in [2.75, 3.05) is 12.8 Å². The molecule has 0 fully saturated rings. The van der Waals surface area contributed by atoms with E-state index in [-0.39, 0.29) is 11.9 Å². The highest BCUT2D eigenvalue weighted by atomic mass is 32.1. The average molecular weight is 407 g/mol. The third kappa shape index (κ3) is 3.79. The van der Waals surface area contributed by atoms with Gasteiger partial charge < -0.3 is 15.8 Å². The van der Waals surface area contributed by atoms with Gasteiger partial charge in [0.05, 0.1) is 17.5 Å². The van der Waals surface area contributed by atoms with E-state index in [1.165, 1.54) is 11.3 Å². The number of amides is 1. The molecule has 0 unspecified atom stereocenters. The van der Waals surface area contributed by atoms with Crippen LogP contribution in [0.25, 0.3) is 16.8 Å². The Labute approximate surface area is 172 Å². The van der Waals surface area contributed by atoms with Crippen molar-refractivity contribution in [3.05, 3.63) is 64.5 Å². The number of carbonyl (C=O) groups excluding carboxylic acids is 1. The standard InChI is InChI=1S/C21H21N5O2S/c1-21(2,15-5-4-6-16(10-15)28-3)24-19(27)17-9-14(12-29-17)13-7-8-18-23-20(22)25-26(18)11-13/h4-12H,1-3H3,(H2,22,25)(H,24,27). The Morgan fingerprint density at radius 1 is 1.21 bits per heavy atom. The molecule has 148 valence electrons. The molecule has 4 aromatic rings. The number of fused-ring (bicyclic) bond motifs is 1. The van der Waals surface area contributed by atoms with Crippen LogP contribution in [0.3, 0.4) is 0 Å². The normalized spacial score (nSPS) is 11.6. The van der Waals surface area contributed by atoms with E-state index < -0.39 is 5.54 Å². The summed E-state index contributed by atoms with van der Waals surface area (Å²) in [5.74, 6) is 0.861. The van der Waals surface area contributed by atoms with Crippen LogP contribution in [0.4, 0.5) is 5.95 Å². The number of anilines is 1. The highest BCUT2D eigenvalue weighted by molar-refractivity contribution is 7.12. The minimum Gasteiger partial charge on any atom is -0.497 e. The lowest BCUT2D eigenvalue weighted by Crippen LogP contribution is -2.40. The number of ether oxygens (including phenoxy) is 1. The van der Waals surface area contributed by atoms with E-state index in [0.29, 0.717) is 10.5 Å². The summed E-state index contributed by atoms with van der Waals surface area (Å²) in [5.41, 5.74) is 8.62. The van der Waals surface area contributed by atoms with Gasteiger partial charge in [-0.2, -0.15) is 4.98 Å². The molecule has 1 amide bonds. The average Bonchev–Trinajstić information content (AvgIpc) is 3.33. The molecule has 0 spiro atoms. The van der Waals surface area contributed by atoms with Crippen LogP contribution in [-0.4, -0.2) is 27.6 Å². The third-order valence-corrected chi connectivity index (χ3v) is 5.65. The number of nitrogens with zero attached hydrogens (tertiary/aromatic N) is 3. The molecule has 0 bridgehead atoms. The van der Waals surface area contributed by atoms with Crippen LogP contribution in [0.15, 0.2) is 54.0 Å². The van der Waals surface area contributed by atoms with Crippen LogP contribution in [-0.2, 0) is 5.54 Å². The lowest BCUT2D eigenvalue weighted by Gasteiger charge is -2.27. The van der Waals surface area contributed by atoms with Crippen LogP contribution in [0.1, 0.15) is 29.1 Å². The van der Waals surface area contributed by atoms with Crippen molar-refractivity contribution >= 4 is 28.8 Å². The minimum atomic E-state index is -0.549. The van der Waals surface area contributed by atoms with Gasteiger partial charge in [0.25, 0.3) is 5.91 Å². The number of rotatable bonds is 5. The number of hydrogen-bond acceptors (Lipinski definition) is 6. The van der Waals surface area contributed by atoms with Crippen molar-refractivity contribution in [2.45, 2.75) is 19.4 Å². The summed E-state index contributed by atoms with van der Waals surface area (Å²) in [7, 11) is 1.63. The molecule has 3 heterocycles. The highest BCUT2D eigenvalue weighted by Crippen LogP contribution is 2.28. The molecule has 7 nitrogen and oxygen atoms in total. The van der Waals surface area contributed by atoms with E-state index in [2.05, 4.69) is 15.4 Å².